The van der Waals surface area contributed by atoms with Crippen molar-refractivity contribution in [2.75, 3.05) is 0 Å². The number of halogens is 5. The van der Waals surface area contributed by atoms with E-state index in [1.54, 1.807) is 15.6 Å². The fourth-order valence-corrected chi connectivity index (χ4v) is 36.9. The highest BCUT2D eigenvalue weighted by Crippen LogP contribution is 2.93. The Kier molecular flexibility index (Phi) is 9.90. The van der Waals surface area contributed by atoms with E-state index in [-0.39, 0.29) is 23.7 Å². The molecule has 0 radical (unpaired) electrons. The van der Waals surface area contributed by atoms with Crippen molar-refractivity contribution in [3.05, 3.63) is 103 Å². The third kappa shape index (κ3) is 5.57. The summed E-state index contributed by atoms with van der Waals surface area (Å²) in [5.74, 6) is -8.88. The van der Waals surface area contributed by atoms with Gasteiger partial charge in [-0.3, -0.25) is 0 Å². The quantitative estimate of drug-likeness (QED) is 0.0816. The van der Waals surface area contributed by atoms with Crippen LogP contribution in [0.15, 0.2) is 63.3 Å². The maximum Gasteiger partial charge on any atom is 0.200 e. The van der Waals surface area contributed by atoms with Crippen molar-refractivity contribution in [1.29, 1.82) is 0 Å². The van der Waals surface area contributed by atoms with Crippen molar-refractivity contribution in [2.24, 2.45) is 23.7 Å². The molecule has 1 fully saturated rings. The summed E-state index contributed by atoms with van der Waals surface area (Å²) >= 11 is 0. The van der Waals surface area contributed by atoms with Gasteiger partial charge in [0.05, 0.1) is 54.0 Å². The predicted octanol–water partition coefficient (Wildman–Crippen LogP) is 14.6. The Morgan fingerprint density at radius 1 is 0.455 bits per heavy atom. The van der Waals surface area contributed by atoms with Gasteiger partial charge < -0.3 is 0 Å². The van der Waals surface area contributed by atoms with Crippen LogP contribution in [0, 0.1) is 52.8 Å². The van der Waals surface area contributed by atoms with Crippen molar-refractivity contribution in [3.8, 4) is 0 Å². The first kappa shape index (κ1) is 42.9. The molecular weight excluding hydrogens is 792 g/mol. The molecule has 4 unspecified atom stereocenters. The summed E-state index contributed by atoms with van der Waals surface area (Å²) in [6.07, 6.45) is 4.95. The van der Waals surface area contributed by atoms with E-state index in [1.165, 1.54) is 11.1 Å². The topological polar surface area (TPSA) is 0 Å². The van der Waals surface area contributed by atoms with E-state index >= 15 is 17.6 Å². The molecule has 2 aromatic carbocycles. The summed E-state index contributed by atoms with van der Waals surface area (Å²) in [5.41, 5.74) is 2.55. The van der Waals surface area contributed by atoms with E-state index in [4.69, 9.17) is 0 Å². The Balaban J connectivity index is 1.96. The molecule has 55 heavy (non-hydrogen) atoms. The van der Waals surface area contributed by atoms with Gasteiger partial charge >= 0.3 is 0 Å². The van der Waals surface area contributed by atoms with Gasteiger partial charge in [0.25, 0.3) is 0 Å². The number of rotatable bonds is 8. The minimum absolute atomic E-state index is 0.0596. The van der Waals surface area contributed by atoms with Gasteiger partial charge in [-0.1, -0.05) is 181 Å². The molecule has 1 saturated carbocycles. The molecule has 300 valence electrons. The molecular formula is C44H65F5Si6. The van der Waals surface area contributed by atoms with Gasteiger partial charge in [0.1, 0.15) is 0 Å². The van der Waals surface area contributed by atoms with Crippen LogP contribution >= 0.6 is 0 Å². The predicted molar refractivity (Wildman–Crippen MR) is 242 cm³/mol. The van der Waals surface area contributed by atoms with Crippen molar-refractivity contribution in [3.63, 3.8) is 0 Å². The summed E-state index contributed by atoms with van der Waals surface area (Å²) in [7, 11) is -14.0. The van der Waals surface area contributed by atoms with Crippen LogP contribution in [0.3, 0.4) is 0 Å². The Morgan fingerprint density at radius 2 is 0.855 bits per heavy atom. The van der Waals surface area contributed by atoms with E-state index in [0.717, 1.165) is 5.20 Å². The number of hydrogen-bond donors (Lipinski definition) is 0. The van der Waals surface area contributed by atoms with Crippen LogP contribution in [0.25, 0.3) is 11.1 Å². The Morgan fingerprint density at radius 3 is 1.24 bits per heavy atom. The molecule has 11 heteroatoms. The average Bonchev–Trinajstić information content (AvgIpc) is 3.00. The molecule has 2 aromatic rings. The van der Waals surface area contributed by atoms with E-state index in [1.807, 2.05) is 0 Å². The smallest absolute Gasteiger partial charge is 0.200 e. The van der Waals surface area contributed by atoms with Crippen LogP contribution in [-0.2, 0) is 0 Å². The van der Waals surface area contributed by atoms with Gasteiger partial charge in [0.2, 0.25) is 5.82 Å². The van der Waals surface area contributed by atoms with E-state index in [9.17, 15) is 4.39 Å². The zero-order valence-electron chi connectivity index (χ0n) is 36.7. The van der Waals surface area contributed by atoms with Crippen LogP contribution in [-0.4, -0.2) is 48.4 Å². The maximum absolute atomic E-state index is 16.8. The SMILES string of the molecule is C[Si](C)(C)C1=C([Si](C)(C)C)C2C(C([Si](C)(C)C)=C1c1ccccc1)[C@@H]1C=C[C@@H]2C2([Si](C)(C)C)C([Si](C)(C)C)=C(c3c(F)c(F)c(F)c(F)c3F)C12[Si](C)(C)C. The van der Waals surface area contributed by atoms with Crippen molar-refractivity contribution >= 4 is 59.6 Å². The second-order valence-corrected chi connectivity index (χ2v) is 53.9. The van der Waals surface area contributed by atoms with Gasteiger partial charge in [-0.05, 0) is 45.4 Å². The molecule has 0 amide bonds. The normalized spacial score (nSPS) is 28.9. The lowest BCUT2D eigenvalue weighted by Gasteiger charge is -2.83. The zero-order valence-corrected chi connectivity index (χ0v) is 42.7. The van der Waals surface area contributed by atoms with Crippen LogP contribution in [0.1, 0.15) is 11.1 Å². The third-order valence-electron chi connectivity index (χ3n) is 13.8. The summed E-state index contributed by atoms with van der Waals surface area (Å²) in [4.78, 5) is 0. The van der Waals surface area contributed by atoms with Crippen LogP contribution in [0.2, 0.25) is 128 Å². The number of hydrogen-bond acceptors (Lipinski definition) is 0. The van der Waals surface area contributed by atoms with Gasteiger partial charge in [-0.15, -0.1) is 0 Å². The van der Waals surface area contributed by atoms with Crippen LogP contribution < -0.4 is 0 Å². The standard InChI is InChI=1S/C44H65F5Si6/c1-50(2,3)39-29(26-22-20-19-21-23-26)40(51(4,5)6)41(52(7,8)9)31-28-25-24-27(30(31)39)43(54(13,14)15)33(32-34(45)36(47)38(49)37(48)35(32)46)42(53(10,11)12)44(28,43)55(16,17)18/h19-25,27-28,30-31H,1-18H3/t27-,28-,30?,31?,43?,44?/m0/s1. The van der Waals surface area contributed by atoms with Gasteiger partial charge in [-0.25, -0.2) is 22.0 Å². The molecule has 0 saturated heterocycles. The molecule has 0 aromatic heterocycles. The Hall–Kier alpha value is -1.65. The van der Waals surface area contributed by atoms with Crippen molar-refractivity contribution in [2.45, 2.75) is 128 Å². The van der Waals surface area contributed by atoms with E-state index in [0.29, 0.717) is 5.57 Å². The molecule has 0 spiro atoms. The highest BCUT2D eigenvalue weighted by Gasteiger charge is 2.84. The summed E-state index contributed by atoms with van der Waals surface area (Å²) < 4.78 is 79.7. The van der Waals surface area contributed by atoms with E-state index < -0.39 is 93.2 Å². The van der Waals surface area contributed by atoms with Crippen molar-refractivity contribution in [1.82, 2.24) is 0 Å². The lowest BCUT2D eigenvalue weighted by molar-refractivity contribution is 0.0936. The van der Waals surface area contributed by atoms with Crippen LogP contribution in [0.5, 0.6) is 0 Å². The molecule has 2 bridgehead atoms. The van der Waals surface area contributed by atoms with E-state index in [2.05, 4.69) is 160 Å². The fourth-order valence-electron chi connectivity index (χ4n) is 13.1. The maximum atomic E-state index is 16.8. The van der Waals surface area contributed by atoms with Crippen molar-refractivity contribution < 1.29 is 22.0 Å². The molecule has 6 atom stereocenters. The molecule has 5 aliphatic carbocycles. The first-order chi connectivity index (χ1) is 24.7. The molecule has 0 nitrogen and oxygen atoms in total. The second-order valence-electron chi connectivity index (χ2n) is 23.2. The lowest BCUT2D eigenvalue weighted by atomic mass is 9.44. The summed E-state index contributed by atoms with van der Waals surface area (Å²) in [5, 5.41) is 4.75. The highest BCUT2D eigenvalue weighted by molar-refractivity contribution is 6.97. The molecule has 0 N–H and O–H groups in total. The third-order valence-corrected chi connectivity index (χ3v) is 29.8. The lowest BCUT2D eigenvalue weighted by Crippen LogP contribution is -2.77. The van der Waals surface area contributed by atoms with Gasteiger partial charge in [-0.2, -0.15) is 0 Å². The first-order valence-corrected chi connectivity index (χ1v) is 41.3. The van der Waals surface area contributed by atoms with Gasteiger partial charge in [0.15, 0.2) is 23.3 Å². The highest BCUT2D eigenvalue weighted by atomic mass is 28.3. The Labute approximate surface area is 334 Å². The Bertz CT molecular complexity index is 2060. The van der Waals surface area contributed by atoms with Gasteiger partial charge in [0, 0.05) is 5.04 Å². The summed E-state index contributed by atoms with van der Waals surface area (Å²) in [6, 6.07) is 10.9. The minimum atomic E-state index is -2.67. The fraction of sp³-hybridized carbons (Fsp3) is 0.545. The minimum Gasteiger partial charge on any atom is -0.203 e. The largest absolute Gasteiger partial charge is 0.203 e. The first-order valence-electron chi connectivity index (χ1n) is 20.3. The molecule has 5 aliphatic rings. The number of benzene rings is 2. The summed E-state index contributed by atoms with van der Waals surface area (Å²) in [6.45, 7) is 43.6. The monoisotopic (exact) mass is 856 g/mol. The molecule has 0 heterocycles. The molecule has 0 aliphatic heterocycles. The number of allylic oxidation sites excluding steroid dienone is 8. The average molecular weight is 858 g/mol. The second kappa shape index (κ2) is 12.7. The molecule has 7 rings (SSSR count). The zero-order chi connectivity index (χ0) is 41.8. The van der Waals surface area contributed by atoms with Crippen LogP contribution in [0.4, 0.5) is 22.0 Å².